The number of rotatable bonds is 3. The molecule has 2 aromatic carbocycles. The quantitative estimate of drug-likeness (QED) is 0.798. The summed E-state index contributed by atoms with van der Waals surface area (Å²) in [6.07, 6.45) is -0.0500. The van der Waals surface area contributed by atoms with Gasteiger partial charge in [0.25, 0.3) is 0 Å². The van der Waals surface area contributed by atoms with Gasteiger partial charge in [0, 0.05) is 38.3 Å². The number of fused-ring (bicyclic) bond motifs is 1. The summed E-state index contributed by atoms with van der Waals surface area (Å²) < 4.78 is 53.3. The number of halogens is 2. The molecule has 158 valence electrons. The van der Waals surface area contributed by atoms with E-state index in [0.29, 0.717) is 5.56 Å². The molecule has 1 N–H and O–H groups in total. The van der Waals surface area contributed by atoms with Crippen molar-refractivity contribution in [2.75, 3.05) is 31.5 Å². The van der Waals surface area contributed by atoms with Crippen molar-refractivity contribution < 1.29 is 26.8 Å². The fraction of sp³-hybridized carbons (Fsp3) is 0.300. The monoisotopic (exact) mass is 435 g/mol. The highest BCUT2D eigenvalue weighted by Crippen LogP contribution is 2.34. The average Bonchev–Trinajstić information content (AvgIpc) is 2.72. The van der Waals surface area contributed by atoms with Gasteiger partial charge < -0.3 is 10.2 Å². The minimum atomic E-state index is -3.79. The Bertz CT molecular complexity index is 1100. The standard InChI is InChI=1S/C20H19F2N3O4S/c21-13-1-4-15(5-2-13)30(28,29)25-9-7-24(8-10-25)20(27)17-12-19(26)23-18-11-14(22)3-6-16(17)18/h1-6,11,17H,7-10,12H2,(H,23,26)/t17-/m0/s1. The van der Waals surface area contributed by atoms with E-state index in [1.54, 1.807) is 0 Å². The molecular weight excluding hydrogens is 416 g/mol. The first-order valence-electron chi connectivity index (χ1n) is 9.39. The summed E-state index contributed by atoms with van der Waals surface area (Å²) in [7, 11) is -3.79. The Kier molecular flexibility index (Phi) is 5.29. The molecule has 0 aromatic heterocycles. The minimum absolute atomic E-state index is 0.0106. The number of piperazine rings is 1. The van der Waals surface area contributed by atoms with E-state index in [9.17, 15) is 26.8 Å². The van der Waals surface area contributed by atoms with E-state index in [0.717, 1.165) is 12.1 Å². The van der Waals surface area contributed by atoms with Gasteiger partial charge in [-0.2, -0.15) is 4.31 Å². The number of sulfonamides is 1. The molecule has 0 saturated carbocycles. The topological polar surface area (TPSA) is 86.8 Å². The molecule has 2 aliphatic rings. The van der Waals surface area contributed by atoms with Crippen LogP contribution in [0.4, 0.5) is 14.5 Å². The second-order valence-corrected chi connectivity index (χ2v) is 9.16. The van der Waals surface area contributed by atoms with Gasteiger partial charge >= 0.3 is 0 Å². The van der Waals surface area contributed by atoms with Crippen LogP contribution in [0.3, 0.4) is 0 Å². The number of anilines is 1. The molecule has 2 aromatic rings. The molecule has 10 heteroatoms. The Hall–Kier alpha value is -2.85. The largest absolute Gasteiger partial charge is 0.340 e. The first-order chi connectivity index (χ1) is 14.3. The molecule has 30 heavy (non-hydrogen) atoms. The SMILES string of the molecule is O=C1C[C@H](C(=O)N2CCN(S(=O)(=O)c3ccc(F)cc3)CC2)c2ccc(F)cc2N1. The second-order valence-electron chi connectivity index (χ2n) is 7.22. The minimum Gasteiger partial charge on any atom is -0.340 e. The lowest BCUT2D eigenvalue weighted by atomic mass is 9.89. The zero-order valence-corrected chi connectivity index (χ0v) is 16.7. The number of nitrogens with zero attached hydrogens (tertiary/aromatic N) is 2. The van der Waals surface area contributed by atoms with Crippen molar-refractivity contribution in [3.05, 3.63) is 59.7 Å². The predicted octanol–water partition coefficient (Wildman–Crippen LogP) is 1.92. The molecule has 1 saturated heterocycles. The van der Waals surface area contributed by atoms with E-state index in [1.165, 1.54) is 39.5 Å². The van der Waals surface area contributed by atoms with Crippen molar-refractivity contribution in [2.24, 2.45) is 0 Å². The number of carbonyl (C=O) groups excluding carboxylic acids is 2. The van der Waals surface area contributed by atoms with Crippen molar-refractivity contribution in [1.29, 1.82) is 0 Å². The molecule has 0 unspecified atom stereocenters. The number of benzene rings is 2. The van der Waals surface area contributed by atoms with E-state index in [4.69, 9.17) is 0 Å². The molecule has 0 aliphatic carbocycles. The first-order valence-corrected chi connectivity index (χ1v) is 10.8. The summed E-state index contributed by atoms with van der Waals surface area (Å²) in [5.74, 6) is -2.45. The van der Waals surface area contributed by atoms with Crippen LogP contribution in [0.5, 0.6) is 0 Å². The lowest BCUT2D eigenvalue weighted by Crippen LogP contribution is -2.52. The summed E-state index contributed by atoms with van der Waals surface area (Å²) >= 11 is 0. The molecule has 2 amide bonds. The van der Waals surface area contributed by atoms with Gasteiger partial charge in [0.1, 0.15) is 11.6 Å². The zero-order chi connectivity index (χ0) is 21.5. The van der Waals surface area contributed by atoms with Crippen molar-refractivity contribution in [2.45, 2.75) is 17.2 Å². The molecular formula is C20H19F2N3O4S. The van der Waals surface area contributed by atoms with Crippen LogP contribution in [-0.2, 0) is 19.6 Å². The van der Waals surface area contributed by atoms with Gasteiger partial charge in [0.05, 0.1) is 10.8 Å². The van der Waals surface area contributed by atoms with Crippen LogP contribution in [0.1, 0.15) is 17.9 Å². The first kappa shape index (κ1) is 20.4. The van der Waals surface area contributed by atoms with Gasteiger partial charge in [-0.25, -0.2) is 17.2 Å². The normalized spacial score (nSPS) is 19.9. The fourth-order valence-electron chi connectivity index (χ4n) is 3.78. The molecule has 1 atom stereocenters. The maximum absolute atomic E-state index is 13.5. The number of nitrogens with one attached hydrogen (secondary N) is 1. The summed E-state index contributed by atoms with van der Waals surface area (Å²) in [6.45, 7) is 0.489. The van der Waals surface area contributed by atoms with E-state index in [2.05, 4.69) is 5.32 Å². The predicted molar refractivity (Wildman–Crippen MR) is 104 cm³/mol. The van der Waals surface area contributed by atoms with Crippen LogP contribution in [0, 0.1) is 11.6 Å². The number of amides is 2. The Morgan fingerprint density at radius 2 is 1.60 bits per heavy atom. The lowest BCUT2D eigenvalue weighted by Gasteiger charge is -2.36. The van der Waals surface area contributed by atoms with Crippen LogP contribution in [0.15, 0.2) is 47.4 Å². The van der Waals surface area contributed by atoms with E-state index in [-0.39, 0.29) is 55.0 Å². The lowest BCUT2D eigenvalue weighted by molar-refractivity contribution is -0.136. The third-order valence-corrected chi connectivity index (χ3v) is 7.27. The molecule has 2 aliphatic heterocycles. The summed E-state index contributed by atoms with van der Waals surface area (Å²) in [6, 6.07) is 8.49. The van der Waals surface area contributed by atoms with Gasteiger partial charge in [-0.05, 0) is 42.0 Å². The third kappa shape index (κ3) is 3.80. The van der Waals surface area contributed by atoms with Crippen LogP contribution in [-0.4, -0.2) is 55.6 Å². The van der Waals surface area contributed by atoms with Gasteiger partial charge in [-0.15, -0.1) is 0 Å². The molecule has 7 nitrogen and oxygen atoms in total. The summed E-state index contributed by atoms with van der Waals surface area (Å²) in [5.41, 5.74) is 0.824. The maximum Gasteiger partial charge on any atom is 0.243 e. The molecule has 0 radical (unpaired) electrons. The van der Waals surface area contributed by atoms with Crippen LogP contribution >= 0.6 is 0 Å². The van der Waals surface area contributed by atoms with Crippen molar-refractivity contribution in [1.82, 2.24) is 9.21 Å². The Morgan fingerprint density at radius 3 is 2.27 bits per heavy atom. The molecule has 1 fully saturated rings. The number of hydrogen-bond acceptors (Lipinski definition) is 4. The molecule has 0 bridgehead atoms. The van der Waals surface area contributed by atoms with Gasteiger partial charge in [-0.1, -0.05) is 6.07 Å². The maximum atomic E-state index is 13.5. The fourth-order valence-corrected chi connectivity index (χ4v) is 5.20. The highest BCUT2D eigenvalue weighted by molar-refractivity contribution is 7.89. The highest BCUT2D eigenvalue weighted by atomic mass is 32.2. The van der Waals surface area contributed by atoms with Crippen molar-refractivity contribution in [3.63, 3.8) is 0 Å². The molecule has 0 spiro atoms. The Balaban J connectivity index is 1.48. The van der Waals surface area contributed by atoms with E-state index >= 15 is 0 Å². The average molecular weight is 435 g/mol. The van der Waals surface area contributed by atoms with Gasteiger partial charge in [0.15, 0.2) is 0 Å². The third-order valence-electron chi connectivity index (χ3n) is 5.35. The summed E-state index contributed by atoms with van der Waals surface area (Å²) in [5, 5.41) is 2.57. The van der Waals surface area contributed by atoms with Gasteiger partial charge in [0.2, 0.25) is 21.8 Å². The number of hydrogen-bond donors (Lipinski definition) is 1. The van der Waals surface area contributed by atoms with Crippen LogP contribution in [0.2, 0.25) is 0 Å². The Labute approximate surface area is 172 Å². The molecule has 4 rings (SSSR count). The van der Waals surface area contributed by atoms with Crippen LogP contribution < -0.4 is 5.32 Å². The Morgan fingerprint density at radius 1 is 0.967 bits per heavy atom. The second kappa shape index (κ2) is 7.77. The smallest absolute Gasteiger partial charge is 0.243 e. The summed E-state index contributed by atoms with van der Waals surface area (Å²) in [4.78, 5) is 26.5. The van der Waals surface area contributed by atoms with Crippen molar-refractivity contribution in [3.8, 4) is 0 Å². The number of carbonyl (C=O) groups is 2. The van der Waals surface area contributed by atoms with Crippen LogP contribution in [0.25, 0.3) is 0 Å². The highest BCUT2D eigenvalue weighted by Gasteiger charge is 2.36. The molecule has 2 heterocycles. The van der Waals surface area contributed by atoms with E-state index < -0.39 is 27.6 Å². The zero-order valence-electron chi connectivity index (χ0n) is 15.8. The van der Waals surface area contributed by atoms with Gasteiger partial charge in [-0.3, -0.25) is 9.59 Å². The van der Waals surface area contributed by atoms with E-state index in [1.807, 2.05) is 0 Å². The van der Waals surface area contributed by atoms with Crippen molar-refractivity contribution >= 4 is 27.5 Å².